The van der Waals surface area contributed by atoms with E-state index in [1.54, 1.807) is 19.4 Å². The number of carbonyl (C=O) groups excluding carboxylic acids is 1. The number of amides is 1. The minimum atomic E-state index is -0.147. The summed E-state index contributed by atoms with van der Waals surface area (Å²) < 4.78 is 5.12. The predicted molar refractivity (Wildman–Crippen MR) is 104 cm³/mol. The van der Waals surface area contributed by atoms with Crippen LogP contribution in [0.2, 0.25) is 0 Å². The molecule has 0 fully saturated rings. The summed E-state index contributed by atoms with van der Waals surface area (Å²) in [5.74, 6) is 0.378. The summed E-state index contributed by atoms with van der Waals surface area (Å²) in [5.41, 5.74) is 4.23. The fraction of sp³-hybridized carbons (Fsp3) is 0.0909. The Labute approximate surface area is 151 Å². The standard InChI is InChI=1S/C22H18N2O2/c1-14-12-20(26-2)23-13-19(14)24-22(25)18-11-10-16-8-5-7-15-6-3-4-9-17(15)21(16)18/h3-13H,1-2H3,(H,24,25). The molecule has 26 heavy (non-hydrogen) atoms. The number of benzene rings is 1. The fourth-order valence-electron chi connectivity index (χ4n) is 3.21. The van der Waals surface area contributed by atoms with Gasteiger partial charge in [-0.1, -0.05) is 48.5 Å². The Morgan fingerprint density at radius 2 is 1.85 bits per heavy atom. The molecule has 1 amide bonds. The molecule has 0 spiro atoms. The number of rotatable bonds is 3. The molecule has 0 saturated carbocycles. The molecular weight excluding hydrogens is 324 g/mol. The van der Waals surface area contributed by atoms with Crippen LogP contribution in [-0.2, 0) is 0 Å². The molecule has 2 aliphatic carbocycles. The summed E-state index contributed by atoms with van der Waals surface area (Å²) in [7, 11) is 1.57. The van der Waals surface area contributed by atoms with E-state index in [4.69, 9.17) is 4.74 Å². The number of hydrogen-bond donors (Lipinski definition) is 1. The lowest BCUT2D eigenvalue weighted by Gasteiger charge is -2.10. The largest absolute Gasteiger partial charge is 0.481 e. The Bertz CT molecular complexity index is 1090. The molecule has 4 nitrogen and oxygen atoms in total. The van der Waals surface area contributed by atoms with Crippen LogP contribution in [0, 0.1) is 6.92 Å². The van der Waals surface area contributed by atoms with E-state index in [-0.39, 0.29) is 5.91 Å². The van der Waals surface area contributed by atoms with Gasteiger partial charge in [0.25, 0.3) is 5.91 Å². The Balaban J connectivity index is 1.78. The third-order valence-electron chi connectivity index (χ3n) is 4.56. The van der Waals surface area contributed by atoms with Gasteiger partial charge in [0.15, 0.2) is 0 Å². The molecule has 0 aliphatic heterocycles. The van der Waals surface area contributed by atoms with Crippen molar-refractivity contribution in [2.45, 2.75) is 6.92 Å². The summed E-state index contributed by atoms with van der Waals surface area (Å²) in [6.45, 7) is 1.91. The number of ether oxygens (including phenoxy) is 1. The lowest BCUT2D eigenvalue weighted by Crippen LogP contribution is -2.13. The van der Waals surface area contributed by atoms with Gasteiger partial charge in [-0.3, -0.25) is 4.79 Å². The molecule has 1 heterocycles. The van der Waals surface area contributed by atoms with Gasteiger partial charge in [0.1, 0.15) is 0 Å². The van der Waals surface area contributed by atoms with Gasteiger partial charge < -0.3 is 10.1 Å². The minimum absolute atomic E-state index is 0.147. The second kappa shape index (κ2) is 6.48. The molecule has 1 aromatic heterocycles. The first-order valence-electron chi connectivity index (χ1n) is 8.40. The molecule has 1 aromatic carbocycles. The summed E-state index contributed by atoms with van der Waals surface area (Å²) in [6.07, 6.45) is 1.62. The van der Waals surface area contributed by atoms with Crippen molar-refractivity contribution in [3.05, 3.63) is 78.0 Å². The molecule has 4 rings (SSSR count). The summed E-state index contributed by atoms with van der Waals surface area (Å²) in [4.78, 5) is 17.1. The first-order chi connectivity index (χ1) is 12.7. The van der Waals surface area contributed by atoms with Gasteiger partial charge in [-0.15, -0.1) is 0 Å². The first-order valence-corrected chi connectivity index (χ1v) is 8.40. The topological polar surface area (TPSA) is 51.2 Å². The number of aryl methyl sites for hydroxylation is 1. The number of hydrogen-bond acceptors (Lipinski definition) is 3. The number of nitrogens with one attached hydrogen (secondary N) is 1. The van der Waals surface area contributed by atoms with Crippen molar-refractivity contribution >= 4 is 22.4 Å². The average Bonchev–Trinajstić information content (AvgIpc) is 2.99. The van der Waals surface area contributed by atoms with E-state index < -0.39 is 0 Å². The van der Waals surface area contributed by atoms with Crippen LogP contribution < -0.4 is 10.1 Å². The number of pyridine rings is 1. The van der Waals surface area contributed by atoms with Gasteiger partial charge in [0.2, 0.25) is 5.88 Å². The highest BCUT2D eigenvalue weighted by molar-refractivity contribution is 6.14. The highest BCUT2D eigenvalue weighted by Gasteiger charge is 2.18. The van der Waals surface area contributed by atoms with Crippen molar-refractivity contribution in [1.29, 1.82) is 0 Å². The predicted octanol–water partition coefficient (Wildman–Crippen LogP) is 4.91. The highest BCUT2D eigenvalue weighted by Crippen LogP contribution is 2.34. The maximum Gasteiger partial charge on any atom is 0.256 e. The normalized spacial score (nSPS) is 10.8. The van der Waals surface area contributed by atoms with E-state index in [0.29, 0.717) is 17.1 Å². The molecule has 4 heteroatoms. The van der Waals surface area contributed by atoms with Gasteiger partial charge in [0.05, 0.1) is 19.0 Å². The van der Waals surface area contributed by atoms with Crippen molar-refractivity contribution < 1.29 is 9.53 Å². The van der Waals surface area contributed by atoms with E-state index >= 15 is 0 Å². The van der Waals surface area contributed by atoms with Crippen molar-refractivity contribution in [2.24, 2.45) is 0 Å². The molecule has 2 aliphatic rings. The lowest BCUT2D eigenvalue weighted by molar-refractivity contribution is 0.102. The van der Waals surface area contributed by atoms with E-state index in [2.05, 4.69) is 28.5 Å². The molecular formula is C22H18N2O2. The minimum Gasteiger partial charge on any atom is -0.481 e. The van der Waals surface area contributed by atoms with Gasteiger partial charge in [-0.2, -0.15) is 0 Å². The van der Waals surface area contributed by atoms with Crippen LogP contribution >= 0.6 is 0 Å². The number of carbonyl (C=O) groups is 1. The average molecular weight is 342 g/mol. The number of nitrogens with zero attached hydrogens (tertiary/aromatic N) is 1. The summed E-state index contributed by atoms with van der Waals surface area (Å²) >= 11 is 0. The van der Waals surface area contributed by atoms with Crippen LogP contribution in [0.25, 0.3) is 21.9 Å². The molecule has 0 radical (unpaired) electrons. The molecule has 2 aromatic rings. The van der Waals surface area contributed by atoms with E-state index in [1.807, 2.05) is 43.3 Å². The Morgan fingerprint density at radius 1 is 1.04 bits per heavy atom. The zero-order valence-electron chi connectivity index (χ0n) is 14.6. The van der Waals surface area contributed by atoms with Crippen LogP contribution in [0.3, 0.4) is 0 Å². The van der Waals surface area contributed by atoms with Gasteiger partial charge in [-0.25, -0.2) is 4.98 Å². The second-order valence-electron chi connectivity index (χ2n) is 6.19. The molecule has 1 N–H and O–H groups in total. The summed E-state index contributed by atoms with van der Waals surface area (Å²) in [6, 6.07) is 19.9. The fourth-order valence-corrected chi connectivity index (χ4v) is 3.21. The number of aromatic nitrogens is 1. The Morgan fingerprint density at radius 3 is 2.65 bits per heavy atom. The molecule has 0 atom stereocenters. The second-order valence-corrected chi connectivity index (χ2v) is 6.19. The van der Waals surface area contributed by atoms with Crippen LogP contribution in [-0.4, -0.2) is 18.0 Å². The zero-order valence-corrected chi connectivity index (χ0v) is 14.6. The van der Waals surface area contributed by atoms with Crippen LogP contribution in [0.4, 0.5) is 5.69 Å². The van der Waals surface area contributed by atoms with Crippen LogP contribution in [0.5, 0.6) is 5.88 Å². The third kappa shape index (κ3) is 2.75. The smallest absolute Gasteiger partial charge is 0.256 e. The number of anilines is 1. The van der Waals surface area contributed by atoms with Crippen molar-refractivity contribution in [1.82, 2.24) is 4.98 Å². The SMILES string of the molecule is COc1cc(C)c(NC(=O)c2ccc3cccc4ccccc4c2-3)cn1. The molecule has 128 valence electrons. The molecule has 0 saturated heterocycles. The molecule has 0 unspecified atom stereocenters. The third-order valence-corrected chi connectivity index (χ3v) is 4.56. The summed E-state index contributed by atoms with van der Waals surface area (Å²) in [5, 5.41) is 5.14. The van der Waals surface area contributed by atoms with Gasteiger partial charge in [0, 0.05) is 17.2 Å². The van der Waals surface area contributed by atoms with Gasteiger partial charge >= 0.3 is 0 Å². The Kier molecular flexibility index (Phi) is 4.01. The van der Waals surface area contributed by atoms with Crippen molar-refractivity contribution in [3.63, 3.8) is 0 Å². The Hall–Kier alpha value is -3.40. The molecule has 0 bridgehead atoms. The van der Waals surface area contributed by atoms with E-state index in [0.717, 1.165) is 27.5 Å². The maximum atomic E-state index is 13.0. The monoisotopic (exact) mass is 342 g/mol. The van der Waals surface area contributed by atoms with Crippen molar-refractivity contribution in [2.75, 3.05) is 12.4 Å². The zero-order chi connectivity index (χ0) is 18.1. The van der Waals surface area contributed by atoms with Gasteiger partial charge in [-0.05, 0) is 34.9 Å². The number of methoxy groups -OCH3 is 1. The number of fused-ring (bicyclic) bond motifs is 3. The van der Waals surface area contributed by atoms with E-state index in [9.17, 15) is 4.79 Å². The highest BCUT2D eigenvalue weighted by atomic mass is 16.5. The van der Waals surface area contributed by atoms with Crippen LogP contribution in [0.1, 0.15) is 15.9 Å². The lowest BCUT2D eigenvalue weighted by atomic mass is 10.0. The van der Waals surface area contributed by atoms with E-state index in [1.165, 1.54) is 0 Å². The quantitative estimate of drug-likeness (QED) is 0.575. The maximum absolute atomic E-state index is 13.0. The first kappa shape index (κ1) is 16.1. The van der Waals surface area contributed by atoms with Crippen molar-refractivity contribution in [3.8, 4) is 17.0 Å². The van der Waals surface area contributed by atoms with Crippen LogP contribution in [0.15, 0.2) is 66.9 Å².